The van der Waals surface area contributed by atoms with Gasteiger partial charge in [-0.05, 0) is 74.2 Å². The Labute approximate surface area is 202 Å². The first-order chi connectivity index (χ1) is 16.2. The molecule has 0 fully saturated rings. The lowest BCUT2D eigenvalue weighted by molar-refractivity contribution is -0.119. The summed E-state index contributed by atoms with van der Waals surface area (Å²) >= 11 is 0. The molecule has 3 aromatic carbocycles. The smallest absolute Gasteiger partial charge is 0.264 e. The predicted octanol–water partition coefficient (Wildman–Crippen LogP) is 4.56. The number of para-hydroxylation sites is 1. The van der Waals surface area contributed by atoms with Gasteiger partial charge in [0, 0.05) is 0 Å². The Morgan fingerprint density at radius 1 is 0.912 bits per heavy atom. The number of ether oxygens (including phenoxy) is 1. The number of carbonyl (C=O) groups is 1. The lowest BCUT2D eigenvalue weighted by Gasteiger charge is -2.26. The van der Waals surface area contributed by atoms with Crippen molar-refractivity contribution in [2.45, 2.75) is 39.0 Å². The van der Waals surface area contributed by atoms with Gasteiger partial charge in [-0.1, -0.05) is 48.9 Å². The number of hydrogen-bond donors (Lipinski definition) is 1. The highest BCUT2D eigenvalue weighted by molar-refractivity contribution is 7.92. The summed E-state index contributed by atoms with van der Waals surface area (Å²) < 4.78 is 34.0. The molecule has 34 heavy (non-hydrogen) atoms. The maximum absolute atomic E-state index is 13.5. The Morgan fingerprint density at radius 3 is 2.21 bits per heavy atom. The van der Waals surface area contributed by atoms with Crippen molar-refractivity contribution >= 4 is 21.6 Å². The number of rotatable bonds is 10. The fraction of sp³-hybridized carbons (Fsp3) is 0.296. The molecule has 3 rings (SSSR count). The first-order valence-corrected chi connectivity index (χ1v) is 12.8. The molecule has 0 aliphatic heterocycles. The molecule has 7 heteroatoms. The first kappa shape index (κ1) is 25.3. The Balaban J connectivity index is 1.74. The number of anilines is 1. The first-order valence-electron chi connectivity index (χ1n) is 11.4. The van der Waals surface area contributed by atoms with Gasteiger partial charge >= 0.3 is 0 Å². The lowest BCUT2D eigenvalue weighted by atomic mass is 10.1. The fourth-order valence-corrected chi connectivity index (χ4v) is 5.21. The molecule has 0 atom stereocenters. The van der Waals surface area contributed by atoms with Crippen molar-refractivity contribution in [2.24, 2.45) is 0 Å². The minimum atomic E-state index is -3.94. The van der Waals surface area contributed by atoms with Crippen LogP contribution in [0.5, 0.6) is 5.75 Å². The van der Waals surface area contributed by atoms with Crippen molar-refractivity contribution in [2.75, 3.05) is 24.0 Å². The average Bonchev–Trinajstić information content (AvgIpc) is 2.80. The highest BCUT2D eigenvalue weighted by Gasteiger charge is 2.28. The topological polar surface area (TPSA) is 75.7 Å². The van der Waals surface area contributed by atoms with E-state index in [4.69, 9.17) is 4.74 Å². The van der Waals surface area contributed by atoms with Gasteiger partial charge in [-0.15, -0.1) is 0 Å². The normalized spacial score (nSPS) is 11.2. The summed E-state index contributed by atoms with van der Waals surface area (Å²) in [6, 6.07) is 19.8. The van der Waals surface area contributed by atoms with E-state index in [9.17, 15) is 13.2 Å². The maximum atomic E-state index is 13.5. The van der Waals surface area contributed by atoms with Crippen LogP contribution in [0, 0.1) is 20.8 Å². The minimum absolute atomic E-state index is 0.148. The summed E-state index contributed by atoms with van der Waals surface area (Å²) in [6.07, 6.45) is 0.640. The van der Waals surface area contributed by atoms with E-state index in [0.29, 0.717) is 12.1 Å². The molecule has 0 saturated heterocycles. The van der Waals surface area contributed by atoms with Crippen LogP contribution in [0.1, 0.15) is 29.2 Å². The molecule has 0 saturated carbocycles. The zero-order chi connectivity index (χ0) is 24.7. The van der Waals surface area contributed by atoms with Gasteiger partial charge in [0.05, 0.1) is 17.1 Å². The third-order valence-corrected chi connectivity index (χ3v) is 7.20. The zero-order valence-electron chi connectivity index (χ0n) is 20.2. The molecule has 180 valence electrons. The van der Waals surface area contributed by atoms with Gasteiger partial charge in [0.1, 0.15) is 18.9 Å². The number of sulfonamides is 1. The van der Waals surface area contributed by atoms with Crippen LogP contribution in [0.25, 0.3) is 0 Å². The third-order valence-electron chi connectivity index (χ3n) is 5.43. The van der Waals surface area contributed by atoms with Crippen molar-refractivity contribution < 1.29 is 17.9 Å². The Bertz CT molecular complexity index is 1220. The van der Waals surface area contributed by atoms with E-state index in [1.54, 1.807) is 36.4 Å². The fourth-order valence-electron chi connectivity index (χ4n) is 3.75. The van der Waals surface area contributed by atoms with Crippen molar-refractivity contribution in [1.82, 2.24) is 5.32 Å². The van der Waals surface area contributed by atoms with E-state index in [1.807, 2.05) is 52.0 Å². The monoisotopic (exact) mass is 480 g/mol. The highest BCUT2D eigenvalue weighted by atomic mass is 32.2. The summed E-state index contributed by atoms with van der Waals surface area (Å²) in [5, 5.41) is 2.78. The molecule has 0 unspecified atom stereocenters. The highest BCUT2D eigenvalue weighted by Crippen LogP contribution is 2.27. The summed E-state index contributed by atoms with van der Waals surface area (Å²) in [5.74, 6) is 0.345. The quantitative estimate of drug-likeness (QED) is 0.432. The van der Waals surface area contributed by atoms with Gasteiger partial charge in [-0.2, -0.15) is 0 Å². The van der Waals surface area contributed by atoms with E-state index >= 15 is 0 Å². The van der Waals surface area contributed by atoms with Crippen molar-refractivity contribution in [3.63, 3.8) is 0 Å². The number of aryl methyl sites for hydroxylation is 4. The lowest BCUT2D eigenvalue weighted by Crippen LogP contribution is -2.42. The van der Waals surface area contributed by atoms with Crippen LogP contribution in [0.3, 0.4) is 0 Å². The summed E-state index contributed by atoms with van der Waals surface area (Å²) in [4.78, 5) is 13.0. The largest absolute Gasteiger partial charge is 0.492 e. The van der Waals surface area contributed by atoms with Crippen molar-refractivity contribution in [1.29, 1.82) is 0 Å². The van der Waals surface area contributed by atoms with Crippen LogP contribution < -0.4 is 14.4 Å². The van der Waals surface area contributed by atoms with Crippen molar-refractivity contribution in [3.8, 4) is 5.75 Å². The van der Waals surface area contributed by atoms with Crippen molar-refractivity contribution in [3.05, 3.63) is 89.0 Å². The van der Waals surface area contributed by atoms with Crippen LogP contribution >= 0.6 is 0 Å². The van der Waals surface area contributed by atoms with E-state index < -0.39 is 15.9 Å². The molecule has 1 N–H and O–H groups in total. The second-order valence-corrected chi connectivity index (χ2v) is 10.2. The minimum Gasteiger partial charge on any atom is -0.492 e. The van der Waals surface area contributed by atoms with Crippen LogP contribution in [0.15, 0.2) is 71.6 Å². The van der Waals surface area contributed by atoms with Gasteiger partial charge in [0.25, 0.3) is 10.0 Å². The molecule has 1 amide bonds. The van der Waals surface area contributed by atoms with Crippen LogP contribution in [-0.4, -0.2) is 34.0 Å². The van der Waals surface area contributed by atoms with E-state index in [0.717, 1.165) is 28.0 Å². The second-order valence-electron chi connectivity index (χ2n) is 8.33. The summed E-state index contributed by atoms with van der Waals surface area (Å²) in [6.45, 7) is 8.08. The third kappa shape index (κ3) is 6.38. The molecule has 0 aliphatic carbocycles. The number of amides is 1. The zero-order valence-corrected chi connectivity index (χ0v) is 21.0. The van der Waals surface area contributed by atoms with Gasteiger partial charge in [0.15, 0.2) is 0 Å². The molecule has 0 spiro atoms. The van der Waals surface area contributed by atoms with Gasteiger partial charge in [0.2, 0.25) is 5.91 Å². The van der Waals surface area contributed by atoms with E-state index in [2.05, 4.69) is 11.4 Å². The number of hydrogen-bond acceptors (Lipinski definition) is 4. The summed E-state index contributed by atoms with van der Waals surface area (Å²) in [7, 11) is -3.94. The number of carbonyl (C=O) groups excluding carboxylic acids is 1. The van der Waals surface area contributed by atoms with E-state index in [1.165, 1.54) is 4.31 Å². The van der Waals surface area contributed by atoms with Gasteiger partial charge in [-0.25, -0.2) is 8.42 Å². The molecule has 0 heterocycles. The Kier molecular flexibility index (Phi) is 8.34. The SMILES string of the molecule is CCc1ccccc1N(CC(=O)NCCOc1cc(C)cc(C)c1)S(=O)(=O)c1ccc(C)cc1. The molecule has 3 aromatic rings. The summed E-state index contributed by atoms with van der Waals surface area (Å²) in [5.41, 5.74) is 4.52. The number of benzene rings is 3. The Morgan fingerprint density at radius 2 is 1.56 bits per heavy atom. The standard InChI is InChI=1S/C27H32N2O4S/c1-5-23-8-6-7-9-26(23)29(34(31,32)25-12-10-20(2)11-13-25)19-27(30)28-14-15-33-24-17-21(3)16-22(4)18-24/h6-13,16-18H,5,14-15,19H2,1-4H3,(H,28,30). The molecule has 0 radical (unpaired) electrons. The molecule has 6 nitrogen and oxygen atoms in total. The van der Waals surface area contributed by atoms with Crippen LogP contribution in [0.2, 0.25) is 0 Å². The molecular formula is C27H32N2O4S. The maximum Gasteiger partial charge on any atom is 0.264 e. The average molecular weight is 481 g/mol. The van der Waals surface area contributed by atoms with Gasteiger partial charge in [-0.3, -0.25) is 9.10 Å². The predicted molar refractivity (Wildman–Crippen MR) is 136 cm³/mol. The van der Waals surface area contributed by atoms with Crippen LogP contribution in [0.4, 0.5) is 5.69 Å². The molecule has 0 bridgehead atoms. The molecule has 0 aromatic heterocycles. The Hall–Kier alpha value is -3.32. The van der Waals surface area contributed by atoms with Gasteiger partial charge < -0.3 is 10.1 Å². The molecular weight excluding hydrogens is 448 g/mol. The second kappa shape index (κ2) is 11.2. The van der Waals surface area contributed by atoms with E-state index in [-0.39, 0.29) is 24.6 Å². The van der Waals surface area contributed by atoms with Crippen LogP contribution in [-0.2, 0) is 21.2 Å². The molecule has 0 aliphatic rings. The number of nitrogens with zero attached hydrogens (tertiary/aromatic N) is 1. The number of nitrogens with one attached hydrogen (secondary N) is 1.